The number of hydrogen-bond acceptors (Lipinski definition) is 3. The van der Waals surface area contributed by atoms with Crippen LogP contribution in [0.25, 0.3) is 10.8 Å². The number of nitrogens with one attached hydrogen (secondary N) is 1. The third-order valence-electron chi connectivity index (χ3n) is 4.32. The van der Waals surface area contributed by atoms with E-state index < -0.39 is 6.10 Å². The minimum absolute atomic E-state index is 0.122. The van der Waals surface area contributed by atoms with E-state index in [9.17, 15) is 4.79 Å². The van der Waals surface area contributed by atoms with Gasteiger partial charge in [0.15, 0.2) is 6.10 Å². The lowest BCUT2D eigenvalue weighted by molar-refractivity contribution is -0.128. The van der Waals surface area contributed by atoms with Gasteiger partial charge in [0.25, 0.3) is 5.91 Å². The van der Waals surface area contributed by atoms with E-state index >= 15 is 0 Å². The Hall–Kier alpha value is -3.01. The van der Waals surface area contributed by atoms with E-state index in [0.29, 0.717) is 24.5 Å². The Morgan fingerprint density at radius 1 is 1.00 bits per heavy atom. The van der Waals surface area contributed by atoms with Gasteiger partial charge in [-0.1, -0.05) is 55.5 Å². The first-order valence-corrected chi connectivity index (χ1v) is 8.76. The number of amides is 1. The van der Waals surface area contributed by atoms with Crippen LogP contribution in [0.3, 0.4) is 0 Å². The summed E-state index contributed by atoms with van der Waals surface area (Å²) in [6.45, 7) is 2.40. The van der Waals surface area contributed by atoms with Crippen LogP contribution in [0.2, 0.25) is 0 Å². The highest BCUT2D eigenvalue weighted by Crippen LogP contribution is 2.21. The van der Waals surface area contributed by atoms with E-state index in [1.165, 1.54) is 5.39 Å². The second-order valence-corrected chi connectivity index (χ2v) is 6.05. The summed E-state index contributed by atoms with van der Waals surface area (Å²) in [6, 6.07) is 21.6. The molecule has 4 nitrogen and oxygen atoms in total. The van der Waals surface area contributed by atoms with E-state index in [4.69, 9.17) is 9.47 Å². The van der Waals surface area contributed by atoms with Crippen molar-refractivity contribution < 1.29 is 14.3 Å². The van der Waals surface area contributed by atoms with Gasteiger partial charge in [-0.05, 0) is 34.9 Å². The largest absolute Gasteiger partial charge is 0.497 e. The monoisotopic (exact) mass is 349 g/mol. The molecule has 0 saturated heterocycles. The quantitative estimate of drug-likeness (QED) is 0.691. The van der Waals surface area contributed by atoms with Gasteiger partial charge in [0.05, 0.1) is 7.11 Å². The molecule has 0 aliphatic heterocycles. The van der Waals surface area contributed by atoms with Gasteiger partial charge in [-0.25, -0.2) is 0 Å². The minimum atomic E-state index is -0.544. The Morgan fingerprint density at radius 2 is 1.73 bits per heavy atom. The van der Waals surface area contributed by atoms with Crippen LogP contribution < -0.4 is 14.8 Å². The van der Waals surface area contributed by atoms with Crippen molar-refractivity contribution in [3.63, 3.8) is 0 Å². The number of methoxy groups -OCH3 is 1. The van der Waals surface area contributed by atoms with Crippen LogP contribution >= 0.6 is 0 Å². The molecule has 1 amide bonds. The molecule has 1 N–H and O–H groups in total. The summed E-state index contributed by atoms with van der Waals surface area (Å²) in [5.74, 6) is 1.20. The SMILES string of the molecule is CC[C@H](Oc1cccc(OC)c1)C(=O)NCc1cccc2ccccc12. The molecule has 0 aromatic heterocycles. The fourth-order valence-corrected chi connectivity index (χ4v) is 2.90. The molecule has 3 rings (SSSR count). The summed E-state index contributed by atoms with van der Waals surface area (Å²) < 4.78 is 11.0. The van der Waals surface area contributed by atoms with Crippen molar-refractivity contribution in [1.82, 2.24) is 5.32 Å². The van der Waals surface area contributed by atoms with Crippen LogP contribution in [-0.2, 0) is 11.3 Å². The van der Waals surface area contributed by atoms with Crippen LogP contribution in [0.4, 0.5) is 0 Å². The Balaban J connectivity index is 1.67. The van der Waals surface area contributed by atoms with Gasteiger partial charge in [0.1, 0.15) is 11.5 Å². The molecular weight excluding hydrogens is 326 g/mol. The first-order valence-electron chi connectivity index (χ1n) is 8.76. The highest BCUT2D eigenvalue weighted by atomic mass is 16.5. The van der Waals surface area contributed by atoms with Crippen LogP contribution in [0.15, 0.2) is 66.7 Å². The minimum Gasteiger partial charge on any atom is -0.497 e. The van der Waals surface area contributed by atoms with Crippen LogP contribution in [0, 0.1) is 0 Å². The fraction of sp³-hybridized carbons (Fsp3) is 0.227. The van der Waals surface area contributed by atoms with E-state index in [-0.39, 0.29) is 5.91 Å². The van der Waals surface area contributed by atoms with Gasteiger partial charge in [-0.15, -0.1) is 0 Å². The zero-order chi connectivity index (χ0) is 18.4. The number of carbonyl (C=O) groups excluding carboxylic acids is 1. The number of benzene rings is 3. The number of hydrogen-bond donors (Lipinski definition) is 1. The molecule has 1 atom stereocenters. The Bertz CT molecular complexity index is 886. The molecule has 3 aromatic carbocycles. The van der Waals surface area contributed by atoms with E-state index in [1.54, 1.807) is 13.2 Å². The first kappa shape index (κ1) is 17.8. The van der Waals surface area contributed by atoms with Gasteiger partial charge in [0, 0.05) is 12.6 Å². The number of ether oxygens (including phenoxy) is 2. The lowest BCUT2D eigenvalue weighted by Crippen LogP contribution is -2.37. The molecule has 3 aromatic rings. The number of fused-ring (bicyclic) bond motifs is 1. The molecule has 0 radical (unpaired) electrons. The number of carbonyl (C=O) groups is 1. The van der Waals surface area contributed by atoms with Gasteiger partial charge in [-0.2, -0.15) is 0 Å². The summed E-state index contributed by atoms with van der Waals surface area (Å²) in [4.78, 5) is 12.6. The lowest BCUT2D eigenvalue weighted by atomic mass is 10.0. The predicted molar refractivity (Wildman–Crippen MR) is 103 cm³/mol. The van der Waals surface area contributed by atoms with Gasteiger partial charge in [-0.3, -0.25) is 4.79 Å². The molecule has 4 heteroatoms. The summed E-state index contributed by atoms with van der Waals surface area (Å²) in [5.41, 5.74) is 1.09. The predicted octanol–water partition coefficient (Wildman–Crippen LogP) is 4.32. The van der Waals surface area contributed by atoms with Crippen molar-refractivity contribution in [3.05, 3.63) is 72.3 Å². The zero-order valence-electron chi connectivity index (χ0n) is 15.1. The molecule has 0 aliphatic carbocycles. The topological polar surface area (TPSA) is 47.6 Å². The Labute approximate surface area is 153 Å². The van der Waals surface area contributed by atoms with E-state index in [2.05, 4.69) is 23.5 Å². The summed E-state index contributed by atoms with van der Waals surface area (Å²) >= 11 is 0. The maximum absolute atomic E-state index is 12.6. The molecule has 0 spiro atoms. The third kappa shape index (κ3) is 4.14. The molecule has 0 fully saturated rings. The Kier molecular flexibility index (Phi) is 5.74. The molecule has 26 heavy (non-hydrogen) atoms. The van der Waals surface area contributed by atoms with E-state index in [0.717, 1.165) is 10.9 Å². The van der Waals surface area contributed by atoms with Gasteiger partial charge in [0.2, 0.25) is 0 Å². The molecule has 0 heterocycles. The second kappa shape index (κ2) is 8.39. The van der Waals surface area contributed by atoms with Crippen molar-refractivity contribution in [2.45, 2.75) is 26.0 Å². The Morgan fingerprint density at radius 3 is 2.54 bits per heavy atom. The molecular formula is C22H23NO3. The maximum Gasteiger partial charge on any atom is 0.261 e. The average molecular weight is 349 g/mol. The molecule has 0 unspecified atom stereocenters. The summed E-state index contributed by atoms with van der Waals surface area (Å²) in [6.07, 6.45) is 0.0376. The van der Waals surface area contributed by atoms with Crippen molar-refractivity contribution in [3.8, 4) is 11.5 Å². The van der Waals surface area contributed by atoms with Gasteiger partial charge < -0.3 is 14.8 Å². The highest BCUT2D eigenvalue weighted by molar-refractivity contribution is 5.86. The fourth-order valence-electron chi connectivity index (χ4n) is 2.90. The van der Waals surface area contributed by atoms with Crippen LogP contribution in [0.5, 0.6) is 11.5 Å². The average Bonchev–Trinajstić information content (AvgIpc) is 2.70. The number of rotatable bonds is 7. The first-order chi connectivity index (χ1) is 12.7. The van der Waals surface area contributed by atoms with E-state index in [1.807, 2.05) is 49.4 Å². The molecule has 0 saturated carbocycles. The van der Waals surface area contributed by atoms with Crippen molar-refractivity contribution in [2.75, 3.05) is 7.11 Å². The van der Waals surface area contributed by atoms with Crippen LogP contribution in [-0.4, -0.2) is 19.1 Å². The zero-order valence-corrected chi connectivity index (χ0v) is 15.1. The standard InChI is InChI=1S/C22H23NO3/c1-3-21(26-19-12-7-11-18(14-19)25-2)22(24)23-15-17-10-6-9-16-8-4-5-13-20(16)17/h4-14,21H,3,15H2,1-2H3,(H,23,24)/t21-/m0/s1. The summed E-state index contributed by atoms with van der Waals surface area (Å²) in [7, 11) is 1.60. The molecule has 0 aliphatic rings. The summed E-state index contributed by atoms with van der Waals surface area (Å²) in [5, 5.41) is 5.31. The normalized spacial score (nSPS) is 11.8. The van der Waals surface area contributed by atoms with Crippen molar-refractivity contribution >= 4 is 16.7 Å². The second-order valence-electron chi connectivity index (χ2n) is 6.05. The smallest absolute Gasteiger partial charge is 0.261 e. The highest BCUT2D eigenvalue weighted by Gasteiger charge is 2.18. The maximum atomic E-state index is 12.6. The van der Waals surface area contributed by atoms with Crippen molar-refractivity contribution in [1.29, 1.82) is 0 Å². The van der Waals surface area contributed by atoms with Gasteiger partial charge >= 0.3 is 0 Å². The molecule has 134 valence electrons. The lowest BCUT2D eigenvalue weighted by Gasteiger charge is -2.18. The van der Waals surface area contributed by atoms with Crippen LogP contribution in [0.1, 0.15) is 18.9 Å². The third-order valence-corrected chi connectivity index (χ3v) is 4.32. The van der Waals surface area contributed by atoms with Crippen molar-refractivity contribution in [2.24, 2.45) is 0 Å². The molecule has 0 bridgehead atoms.